The molecule has 1 N–H and O–H groups in total. The van der Waals surface area contributed by atoms with Gasteiger partial charge >= 0.3 is 0 Å². The Balaban J connectivity index is 1.64. The van der Waals surface area contributed by atoms with E-state index in [2.05, 4.69) is 5.32 Å². The molecule has 0 bridgehead atoms. The molecule has 2 nitrogen and oxygen atoms in total. The number of alkyl halides is 2. The molecule has 1 aliphatic rings. The topological polar surface area (TPSA) is 29.1 Å². The normalized spacial score (nSPS) is 18.7. The molecule has 0 heterocycles. The van der Waals surface area contributed by atoms with E-state index in [-0.39, 0.29) is 24.8 Å². The molecule has 20 heavy (non-hydrogen) atoms. The highest BCUT2D eigenvalue weighted by Crippen LogP contribution is 2.33. The lowest BCUT2D eigenvalue weighted by molar-refractivity contribution is -0.122. The summed E-state index contributed by atoms with van der Waals surface area (Å²) in [6.07, 6.45) is 0.953. The first-order valence-electron chi connectivity index (χ1n) is 6.90. The number of rotatable bonds is 5. The summed E-state index contributed by atoms with van der Waals surface area (Å²) in [5.41, 5.74) is 0. The van der Waals surface area contributed by atoms with Crippen molar-refractivity contribution in [3.63, 3.8) is 0 Å². The van der Waals surface area contributed by atoms with Crippen molar-refractivity contribution in [3.05, 3.63) is 30.3 Å². The van der Waals surface area contributed by atoms with E-state index in [1.807, 2.05) is 30.3 Å². The molecule has 110 valence electrons. The van der Waals surface area contributed by atoms with Crippen molar-refractivity contribution in [1.29, 1.82) is 0 Å². The summed E-state index contributed by atoms with van der Waals surface area (Å²) in [7, 11) is 0. The summed E-state index contributed by atoms with van der Waals surface area (Å²) in [6.45, 7) is 0. The molecule has 0 unspecified atom stereocenters. The van der Waals surface area contributed by atoms with Crippen LogP contribution in [0.2, 0.25) is 0 Å². The van der Waals surface area contributed by atoms with E-state index < -0.39 is 5.92 Å². The maximum absolute atomic E-state index is 13.0. The van der Waals surface area contributed by atoms with Gasteiger partial charge in [-0.15, -0.1) is 11.8 Å². The van der Waals surface area contributed by atoms with Gasteiger partial charge in [0.25, 0.3) is 0 Å². The molecule has 2 rings (SSSR count). The monoisotopic (exact) mass is 299 g/mol. The van der Waals surface area contributed by atoms with E-state index in [4.69, 9.17) is 0 Å². The second-order valence-corrected chi connectivity index (χ2v) is 6.28. The second kappa shape index (κ2) is 7.07. The molecule has 1 aliphatic carbocycles. The van der Waals surface area contributed by atoms with Gasteiger partial charge in [-0.3, -0.25) is 4.79 Å². The van der Waals surface area contributed by atoms with Crippen molar-refractivity contribution in [3.8, 4) is 0 Å². The molecule has 1 aromatic carbocycles. The SMILES string of the molecule is O=C(CCSc1ccccc1)NC1CCC(F)(F)CC1. The number of carbonyl (C=O) groups is 1. The zero-order chi connectivity index (χ0) is 14.4. The first-order chi connectivity index (χ1) is 9.55. The van der Waals surface area contributed by atoms with E-state index in [1.54, 1.807) is 11.8 Å². The molecule has 5 heteroatoms. The Morgan fingerprint density at radius 1 is 1.25 bits per heavy atom. The van der Waals surface area contributed by atoms with Gasteiger partial charge in [-0.1, -0.05) is 18.2 Å². The van der Waals surface area contributed by atoms with Gasteiger partial charge in [0, 0.05) is 36.0 Å². The van der Waals surface area contributed by atoms with Crippen LogP contribution in [0.1, 0.15) is 32.1 Å². The summed E-state index contributed by atoms with van der Waals surface area (Å²) in [5, 5.41) is 2.86. The van der Waals surface area contributed by atoms with Crippen LogP contribution in [0.4, 0.5) is 8.78 Å². The third kappa shape index (κ3) is 5.12. The van der Waals surface area contributed by atoms with Crippen LogP contribution in [0.3, 0.4) is 0 Å². The molecule has 0 spiro atoms. The standard InChI is InChI=1S/C15H19F2NOS/c16-15(17)9-6-12(7-10-15)18-14(19)8-11-20-13-4-2-1-3-5-13/h1-5,12H,6-11H2,(H,18,19). The zero-order valence-electron chi connectivity index (χ0n) is 11.3. The lowest BCUT2D eigenvalue weighted by atomic mass is 9.92. The quantitative estimate of drug-likeness (QED) is 0.836. The first kappa shape index (κ1) is 15.3. The van der Waals surface area contributed by atoms with Crippen molar-refractivity contribution in [2.24, 2.45) is 0 Å². The third-order valence-electron chi connectivity index (χ3n) is 3.42. The smallest absolute Gasteiger partial charge is 0.248 e. The Bertz CT molecular complexity index is 429. The Morgan fingerprint density at radius 2 is 1.90 bits per heavy atom. The van der Waals surface area contributed by atoms with Crippen molar-refractivity contribution >= 4 is 17.7 Å². The van der Waals surface area contributed by atoms with E-state index in [9.17, 15) is 13.6 Å². The molecule has 1 amide bonds. The number of hydrogen-bond acceptors (Lipinski definition) is 2. The van der Waals surface area contributed by atoms with Crippen LogP contribution in [-0.4, -0.2) is 23.6 Å². The van der Waals surface area contributed by atoms with Gasteiger partial charge < -0.3 is 5.32 Å². The zero-order valence-corrected chi connectivity index (χ0v) is 12.1. The molecule has 0 radical (unpaired) electrons. The summed E-state index contributed by atoms with van der Waals surface area (Å²) in [5.74, 6) is -1.87. The van der Waals surface area contributed by atoms with Crippen molar-refractivity contribution in [2.75, 3.05) is 5.75 Å². The van der Waals surface area contributed by atoms with Gasteiger partial charge in [0.15, 0.2) is 0 Å². The summed E-state index contributed by atoms with van der Waals surface area (Å²) in [6, 6.07) is 9.81. The number of hydrogen-bond donors (Lipinski definition) is 1. The molecule has 1 fully saturated rings. The highest BCUT2D eigenvalue weighted by atomic mass is 32.2. The summed E-state index contributed by atoms with van der Waals surface area (Å²) >= 11 is 1.63. The number of carbonyl (C=O) groups excluding carboxylic acids is 1. The van der Waals surface area contributed by atoms with Crippen LogP contribution in [0.5, 0.6) is 0 Å². The van der Waals surface area contributed by atoms with E-state index in [1.165, 1.54) is 0 Å². The minimum atomic E-state index is -2.54. The molecular formula is C15H19F2NOS. The average Bonchev–Trinajstić information content (AvgIpc) is 2.42. The Labute approximate surface area is 122 Å². The largest absolute Gasteiger partial charge is 0.353 e. The highest BCUT2D eigenvalue weighted by molar-refractivity contribution is 7.99. The first-order valence-corrected chi connectivity index (χ1v) is 7.89. The number of benzene rings is 1. The van der Waals surface area contributed by atoms with Crippen LogP contribution in [0, 0.1) is 0 Å². The molecule has 1 saturated carbocycles. The fourth-order valence-electron chi connectivity index (χ4n) is 2.26. The lowest BCUT2D eigenvalue weighted by Gasteiger charge is -2.28. The lowest BCUT2D eigenvalue weighted by Crippen LogP contribution is -2.40. The molecule has 0 atom stereocenters. The predicted octanol–water partition coefficient (Wildman–Crippen LogP) is 3.86. The van der Waals surface area contributed by atoms with Crippen LogP contribution in [0.25, 0.3) is 0 Å². The number of amides is 1. The van der Waals surface area contributed by atoms with Gasteiger partial charge in [0.1, 0.15) is 0 Å². The Morgan fingerprint density at radius 3 is 2.55 bits per heavy atom. The molecule has 1 aromatic rings. The van der Waals surface area contributed by atoms with E-state index in [0.29, 0.717) is 25.0 Å². The van der Waals surface area contributed by atoms with E-state index >= 15 is 0 Å². The second-order valence-electron chi connectivity index (χ2n) is 5.11. The van der Waals surface area contributed by atoms with Gasteiger partial charge in [-0.25, -0.2) is 8.78 Å². The third-order valence-corrected chi connectivity index (χ3v) is 4.44. The van der Waals surface area contributed by atoms with E-state index in [0.717, 1.165) is 4.90 Å². The van der Waals surface area contributed by atoms with Crippen LogP contribution >= 0.6 is 11.8 Å². The molecule has 0 aliphatic heterocycles. The summed E-state index contributed by atoms with van der Waals surface area (Å²) in [4.78, 5) is 12.9. The van der Waals surface area contributed by atoms with Crippen LogP contribution in [-0.2, 0) is 4.79 Å². The van der Waals surface area contributed by atoms with Crippen molar-refractivity contribution < 1.29 is 13.6 Å². The minimum Gasteiger partial charge on any atom is -0.353 e. The van der Waals surface area contributed by atoms with Gasteiger partial charge in [-0.05, 0) is 25.0 Å². The number of nitrogens with one attached hydrogen (secondary N) is 1. The highest BCUT2D eigenvalue weighted by Gasteiger charge is 2.35. The molecule has 0 saturated heterocycles. The molecule has 0 aromatic heterocycles. The maximum atomic E-state index is 13.0. The fourth-order valence-corrected chi connectivity index (χ4v) is 3.14. The maximum Gasteiger partial charge on any atom is 0.248 e. The molecular weight excluding hydrogens is 280 g/mol. The van der Waals surface area contributed by atoms with Crippen LogP contribution in [0.15, 0.2) is 35.2 Å². The predicted molar refractivity (Wildman–Crippen MR) is 77.1 cm³/mol. The van der Waals surface area contributed by atoms with Crippen molar-refractivity contribution in [1.82, 2.24) is 5.32 Å². The van der Waals surface area contributed by atoms with Gasteiger partial charge in [0.2, 0.25) is 11.8 Å². The Kier molecular flexibility index (Phi) is 5.40. The average molecular weight is 299 g/mol. The van der Waals surface area contributed by atoms with Crippen LogP contribution < -0.4 is 5.32 Å². The van der Waals surface area contributed by atoms with Crippen molar-refractivity contribution in [2.45, 2.75) is 49.0 Å². The van der Waals surface area contributed by atoms with Gasteiger partial charge in [0.05, 0.1) is 0 Å². The minimum absolute atomic E-state index is 0.0383. The van der Waals surface area contributed by atoms with Gasteiger partial charge in [-0.2, -0.15) is 0 Å². The summed E-state index contributed by atoms with van der Waals surface area (Å²) < 4.78 is 26.0. The number of halogens is 2. The Hall–Kier alpha value is -1.10. The fraction of sp³-hybridized carbons (Fsp3) is 0.533. The number of thioether (sulfide) groups is 1.